The minimum Gasteiger partial charge on any atom is -0.329 e. The molecule has 0 fully saturated rings. The number of hydrogen-bond acceptors (Lipinski definition) is 2. The highest BCUT2D eigenvalue weighted by molar-refractivity contribution is 5.23. The second kappa shape index (κ2) is 8.73. The van der Waals surface area contributed by atoms with E-state index in [-0.39, 0.29) is 0 Å². The van der Waals surface area contributed by atoms with Gasteiger partial charge in [-0.05, 0) is 11.5 Å². The summed E-state index contributed by atoms with van der Waals surface area (Å²) in [6, 6.07) is 0. The van der Waals surface area contributed by atoms with Gasteiger partial charge in [-0.1, -0.05) is 44.7 Å². The van der Waals surface area contributed by atoms with Crippen molar-refractivity contribution < 1.29 is 0 Å². The zero-order valence-electron chi connectivity index (χ0n) is 9.29. The van der Waals surface area contributed by atoms with Crippen molar-refractivity contribution in [3.8, 4) is 0 Å². The van der Waals surface area contributed by atoms with Gasteiger partial charge < -0.3 is 11.1 Å². The van der Waals surface area contributed by atoms with Crippen LogP contribution in [0.2, 0.25) is 0 Å². The second-order valence-electron chi connectivity index (χ2n) is 3.55. The van der Waals surface area contributed by atoms with Gasteiger partial charge >= 0.3 is 0 Å². The van der Waals surface area contributed by atoms with Crippen LogP contribution in [0.25, 0.3) is 0 Å². The highest BCUT2D eigenvalue weighted by Crippen LogP contribution is 2.03. The van der Waals surface area contributed by atoms with Crippen LogP contribution < -0.4 is 11.1 Å². The molecule has 0 rings (SSSR count). The zero-order chi connectivity index (χ0) is 10.8. The maximum Gasteiger partial charge on any atom is 0.0202 e. The van der Waals surface area contributed by atoms with E-state index in [1.54, 1.807) is 6.08 Å². The number of nitrogens with two attached hydrogens (primary N) is 1. The molecule has 0 aromatic heterocycles. The molecule has 0 aliphatic heterocycles. The van der Waals surface area contributed by atoms with E-state index in [0.29, 0.717) is 12.5 Å². The first kappa shape index (κ1) is 13.1. The summed E-state index contributed by atoms with van der Waals surface area (Å²) in [6.45, 7) is 10.4. The van der Waals surface area contributed by atoms with E-state index in [9.17, 15) is 0 Å². The van der Waals surface area contributed by atoms with Crippen molar-refractivity contribution in [2.24, 2.45) is 11.7 Å². The monoisotopic (exact) mass is 194 g/mol. The molecule has 0 spiro atoms. The number of allylic oxidation sites excluding steroid dienone is 3. The van der Waals surface area contributed by atoms with Crippen LogP contribution in [0.4, 0.5) is 0 Å². The summed E-state index contributed by atoms with van der Waals surface area (Å²) in [5.74, 6) is 0.569. The fourth-order valence-electron chi connectivity index (χ4n) is 1.13. The Morgan fingerprint density at radius 2 is 2.21 bits per heavy atom. The summed E-state index contributed by atoms with van der Waals surface area (Å²) in [5.41, 5.74) is 6.69. The number of hydrogen-bond donors (Lipinski definition) is 2. The Morgan fingerprint density at radius 1 is 1.50 bits per heavy atom. The third-order valence-electron chi connectivity index (χ3n) is 1.64. The van der Waals surface area contributed by atoms with Gasteiger partial charge in [0, 0.05) is 19.6 Å². The van der Waals surface area contributed by atoms with Gasteiger partial charge in [-0.25, -0.2) is 0 Å². The lowest BCUT2D eigenvalue weighted by molar-refractivity contribution is 0.732. The SMILES string of the molecule is C=C/C=C\C(=C/C(C)C)CNCCN. The number of rotatable bonds is 7. The largest absolute Gasteiger partial charge is 0.329 e. The van der Waals surface area contributed by atoms with Gasteiger partial charge in [0.25, 0.3) is 0 Å². The molecule has 0 aromatic rings. The Morgan fingerprint density at radius 3 is 2.71 bits per heavy atom. The highest BCUT2D eigenvalue weighted by atomic mass is 14.9. The molecule has 0 saturated heterocycles. The minimum atomic E-state index is 0.569. The van der Waals surface area contributed by atoms with E-state index in [4.69, 9.17) is 5.73 Å². The molecule has 80 valence electrons. The van der Waals surface area contributed by atoms with Crippen LogP contribution >= 0.6 is 0 Å². The van der Waals surface area contributed by atoms with Crippen LogP contribution in [0.3, 0.4) is 0 Å². The van der Waals surface area contributed by atoms with Crippen LogP contribution in [-0.4, -0.2) is 19.6 Å². The maximum absolute atomic E-state index is 5.40. The van der Waals surface area contributed by atoms with Crippen LogP contribution in [0.15, 0.2) is 36.5 Å². The molecule has 14 heavy (non-hydrogen) atoms. The summed E-state index contributed by atoms with van der Waals surface area (Å²) in [7, 11) is 0. The topological polar surface area (TPSA) is 38.0 Å². The van der Waals surface area contributed by atoms with Crippen LogP contribution in [0.5, 0.6) is 0 Å². The average Bonchev–Trinajstić information content (AvgIpc) is 2.13. The smallest absolute Gasteiger partial charge is 0.0202 e. The second-order valence-corrected chi connectivity index (χ2v) is 3.55. The summed E-state index contributed by atoms with van der Waals surface area (Å²) in [4.78, 5) is 0. The van der Waals surface area contributed by atoms with Crippen molar-refractivity contribution in [1.29, 1.82) is 0 Å². The molecule has 0 aliphatic rings. The Bertz CT molecular complexity index is 202. The van der Waals surface area contributed by atoms with Gasteiger partial charge in [0.1, 0.15) is 0 Å². The highest BCUT2D eigenvalue weighted by Gasteiger charge is 1.93. The molecular weight excluding hydrogens is 172 g/mol. The first-order valence-corrected chi connectivity index (χ1v) is 5.11. The Hall–Kier alpha value is -0.860. The maximum atomic E-state index is 5.40. The molecule has 0 unspecified atom stereocenters. The van der Waals surface area contributed by atoms with Crippen molar-refractivity contribution in [2.45, 2.75) is 13.8 Å². The van der Waals surface area contributed by atoms with Gasteiger partial charge in [-0.3, -0.25) is 0 Å². The molecule has 0 bridgehead atoms. The Labute approximate surface area is 87.6 Å². The molecule has 0 amide bonds. The van der Waals surface area contributed by atoms with E-state index in [1.807, 2.05) is 6.08 Å². The first-order chi connectivity index (χ1) is 6.70. The van der Waals surface area contributed by atoms with Gasteiger partial charge in [0.2, 0.25) is 0 Å². The fourth-order valence-corrected chi connectivity index (χ4v) is 1.13. The Kier molecular flexibility index (Phi) is 8.19. The predicted molar refractivity (Wildman–Crippen MR) is 64.2 cm³/mol. The average molecular weight is 194 g/mol. The number of nitrogens with one attached hydrogen (secondary N) is 1. The quantitative estimate of drug-likeness (QED) is 0.479. The molecule has 0 aromatic carbocycles. The minimum absolute atomic E-state index is 0.569. The molecule has 0 atom stereocenters. The summed E-state index contributed by atoms with van der Waals surface area (Å²) in [5, 5.41) is 3.27. The predicted octanol–water partition coefficient (Wildman–Crippen LogP) is 1.86. The molecule has 0 saturated carbocycles. The van der Waals surface area contributed by atoms with Crippen LogP contribution in [-0.2, 0) is 0 Å². The van der Waals surface area contributed by atoms with E-state index in [0.717, 1.165) is 13.1 Å². The molecule has 0 heterocycles. The molecule has 2 nitrogen and oxygen atoms in total. The first-order valence-electron chi connectivity index (χ1n) is 5.11. The molecular formula is C12H22N2. The van der Waals surface area contributed by atoms with Crippen molar-refractivity contribution >= 4 is 0 Å². The van der Waals surface area contributed by atoms with E-state index >= 15 is 0 Å². The molecule has 0 radical (unpaired) electrons. The van der Waals surface area contributed by atoms with Gasteiger partial charge in [0.15, 0.2) is 0 Å². The van der Waals surface area contributed by atoms with Crippen molar-refractivity contribution in [3.05, 3.63) is 36.5 Å². The summed E-state index contributed by atoms with van der Waals surface area (Å²) in [6.07, 6.45) is 8.06. The normalized spacial score (nSPS) is 12.7. The summed E-state index contributed by atoms with van der Waals surface area (Å²) >= 11 is 0. The van der Waals surface area contributed by atoms with Gasteiger partial charge in [0.05, 0.1) is 0 Å². The standard InChI is InChI=1S/C12H22N2/c1-4-5-6-12(9-11(2)3)10-14-8-7-13/h4-6,9,11,14H,1,7-8,10,13H2,2-3H3/b6-5-,12-9+. The van der Waals surface area contributed by atoms with Crippen LogP contribution in [0.1, 0.15) is 13.8 Å². The third kappa shape index (κ3) is 7.77. The fraction of sp³-hybridized carbons (Fsp3) is 0.500. The molecule has 2 heteroatoms. The van der Waals surface area contributed by atoms with Crippen molar-refractivity contribution in [3.63, 3.8) is 0 Å². The van der Waals surface area contributed by atoms with Gasteiger partial charge in [-0.15, -0.1) is 0 Å². The lowest BCUT2D eigenvalue weighted by atomic mass is 10.1. The molecule has 0 aliphatic carbocycles. The van der Waals surface area contributed by atoms with Crippen molar-refractivity contribution in [1.82, 2.24) is 5.32 Å². The summed E-state index contributed by atoms with van der Waals surface area (Å²) < 4.78 is 0. The van der Waals surface area contributed by atoms with E-state index in [1.165, 1.54) is 5.57 Å². The van der Waals surface area contributed by atoms with E-state index < -0.39 is 0 Å². The third-order valence-corrected chi connectivity index (χ3v) is 1.64. The lowest BCUT2D eigenvalue weighted by Crippen LogP contribution is -2.24. The van der Waals surface area contributed by atoms with Crippen LogP contribution in [0, 0.1) is 5.92 Å². The van der Waals surface area contributed by atoms with E-state index in [2.05, 4.69) is 37.9 Å². The lowest BCUT2D eigenvalue weighted by Gasteiger charge is -2.05. The Balaban J connectivity index is 4.11. The molecule has 3 N–H and O–H groups in total. The zero-order valence-corrected chi connectivity index (χ0v) is 9.29. The van der Waals surface area contributed by atoms with Gasteiger partial charge in [-0.2, -0.15) is 0 Å². The van der Waals surface area contributed by atoms with Crippen molar-refractivity contribution in [2.75, 3.05) is 19.6 Å².